The molecule has 100 valence electrons. The topological polar surface area (TPSA) is 47.0 Å². The average molecular weight is 265 g/mol. The molecule has 4 nitrogen and oxygen atoms in total. The number of methoxy groups -OCH3 is 1. The van der Waals surface area contributed by atoms with Gasteiger partial charge < -0.3 is 10.1 Å². The standard InChI is InChI=1S/C16H15N3O/c1-17-16-14-9-4-3-8-13(14)15(18-19-16)11-6-5-7-12(10-11)20-2/h3-10H,1-2H3,(H,17,19). The molecule has 20 heavy (non-hydrogen) atoms. The second-order valence-electron chi connectivity index (χ2n) is 4.42. The highest BCUT2D eigenvalue weighted by atomic mass is 16.5. The summed E-state index contributed by atoms with van der Waals surface area (Å²) in [5.74, 6) is 1.60. The first kappa shape index (κ1) is 12.4. The van der Waals surface area contributed by atoms with Gasteiger partial charge in [-0.05, 0) is 12.1 Å². The normalized spacial score (nSPS) is 10.5. The van der Waals surface area contributed by atoms with Crippen LogP contribution in [0.5, 0.6) is 5.75 Å². The van der Waals surface area contributed by atoms with Crippen LogP contribution in [0.1, 0.15) is 0 Å². The molecule has 0 saturated carbocycles. The zero-order valence-electron chi connectivity index (χ0n) is 11.4. The molecule has 3 rings (SSSR count). The molecule has 0 atom stereocenters. The van der Waals surface area contributed by atoms with Crippen LogP contribution in [0.2, 0.25) is 0 Å². The van der Waals surface area contributed by atoms with E-state index in [4.69, 9.17) is 4.74 Å². The number of anilines is 1. The van der Waals surface area contributed by atoms with Crippen LogP contribution in [0.15, 0.2) is 48.5 Å². The molecule has 0 amide bonds. The number of rotatable bonds is 3. The Bertz CT molecular complexity index is 756. The summed E-state index contributed by atoms with van der Waals surface area (Å²) in [6.07, 6.45) is 0. The Morgan fingerprint density at radius 2 is 1.75 bits per heavy atom. The van der Waals surface area contributed by atoms with E-state index in [1.165, 1.54) is 0 Å². The van der Waals surface area contributed by atoms with Crippen molar-refractivity contribution in [3.8, 4) is 17.0 Å². The SMILES string of the molecule is CNc1nnc(-c2cccc(OC)c2)c2ccccc12. The maximum atomic E-state index is 5.27. The monoisotopic (exact) mass is 265 g/mol. The van der Waals surface area contributed by atoms with Gasteiger partial charge in [0.2, 0.25) is 0 Å². The minimum absolute atomic E-state index is 0.784. The van der Waals surface area contributed by atoms with Gasteiger partial charge in [0.1, 0.15) is 11.4 Å². The Morgan fingerprint density at radius 1 is 0.950 bits per heavy atom. The Hall–Kier alpha value is -2.62. The lowest BCUT2D eigenvalue weighted by Gasteiger charge is -2.09. The number of ether oxygens (including phenoxy) is 1. The van der Waals surface area contributed by atoms with Crippen molar-refractivity contribution in [1.29, 1.82) is 0 Å². The summed E-state index contributed by atoms with van der Waals surface area (Å²) in [6.45, 7) is 0. The van der Waals surface area contributed by atoms with Gasteiger partial charge in [0.25, 0.3) is 0 Å². The largest absolute Gasteiger partial charge is 0.497 e. The molecule has 0 saturated heterocycles. The Labute approximate surface area is 117 Å². The molecule has 2 aromatic carbocycles. The molecular formula is C16H15N3O. The minimum atomic E-state index is 0.784. The van der Waals surface area contributed by atoms with Crippen LogP contribution in [0, 0.1) is 0 Å². The van der Waals surface area contributed by atoms with Crippen LogP contribution in [0.3, 0.4) is 0 Å². The summed E-state index contributed by atoms with van der Waals surface area (Å²) < 4.78 is 5.27. The predicted octanol–water partition coefficient (Wildman–Crippen LogP) is 3.35. The molecule has 1 N–H and O–H groups in total. The summed E-state index contributed by atoms with van der Waals surface area (Å²) in [4.78, 5) is 0. The second-order valence-corrected chi connectivity index (χ2v) is 4.42. The van der Waals surface area contributed by atoms with Gasteiger partial charge in [-0.1, -0.05) is 36.4 Å². The van der Waals surface area contributed by atoms with E-state index in [0.717, 1.165) is 33.6 Å². The summed E-state index contributed by atoms with van der Waals surface area (Å²) >= 11 is 0. The lowest BCUT2D eigenvalue weighted by atomic mass is 10.0. The second kappa shape index (κ2) is 5.17. The van der Waals surface area contributed by atoms with E-state index in [1.54, 1.807) is 7.11 Å². The third-order valence-electron chi connectivity index (χ3n) is 3.27. The fourth-order valence-electron chi connectivity index (χ4n) is 2.27. The van der Waals surface area contributed by atoms with E-state index in [2.05, 4.69) is 21.6 Å². The minimum Gasteiger partial charge on any atom is -0.497 e. The summed E-state index contributed by atoms with van der Waals surface area (Å²) in [6, 6.07) is 16.0. The number of nitrogens with zero attached hydrogens (tertiary/aromatic N) is 2. The highest BCUT2D eigenvalue weighted by Gasteiger charge is 2.10. The summed E-state index contributed by atoms with van der Waals surface area (Å²) in [5, 5.41) is 13.8. The number of hydrogen-bond acceptors (Lipinski definition) is 4. The quantitative estimate of drug-likeness (QED) is 0.789. The van der Waals surface area contributed by atoms with Crippen molar-refractivity contribution in [3.05, 3.63) is 48.5 Å². The predicted molar refractivity (Wildman–Crippen MR) is 81.1 cm³/mol. The van der Waals surface area contributed by atoms with Gasteiger partial charge in [0.15, 0.2) is 5.82 Å². The molecule has 0 radical (unpaired) electrons. The molecule has 0 aliphatic rings. The first-order valence-corrected chi connectivity index (χ1v) is 6.41. The molecule has 1 heterocycles. The van der Waals surface area contributed by atoms with Crippen molar-refractivity contribution < 1.29 is 4.74 Å². The van der Waals surface area contributed by atoms with Crippen LogP contribution in [-0.4, -0.2) is 24.4 Å². The zero-order chi connectivity index (χ0) is 13.9. The van der Waals surface area contributed by atoms with Crippen LogP contribution in [0.25, 0.3) is 22.0 Å². The number of fused-ring (bicyclic) bond motifs is 1. The highest BCUT2D eigenvalue weighted by molar-refractivity contribution is 6.00. The van der Waals surface area contributed by atoms with Crippen molar-refractivity contribution in [2.45, 2.75) is 0 Å². The van der Waals surface area contributed by atoms with Gasteiger partial charge in [-0.25, -0.2) is 0 Å². The third-order valence-corrected chi connectivity index (χ3v) is 3.27. The van der Waals surface area contributed by atoms with Crippen molar-refractivity contribution in [1.82, 2.24) is 10.2 Å². The molecule has 0 aliphatic carbocycles. The van der Waals surface area contributed by atoms with Crippen molar-refractivity contribution in [2.75, 3.05) is 19.5 Å². The molecular weight excluding hydrogens is 250 g/mol. The van der Waals surface area contributed by atoms with Crippen LogP contribution in [-0.2, 0) is 0 Å². The first-order valence-electron chi connectivity index (χ1n) is 6.41. The van der Waals surface area contributed by atoms with Crippen molar-refractivity contribution in [2.24, 2.45) is 0 Å². The van der Waals surface area contributed by atoms with E-state index >= 15 is 0 Å². The molecule has 4 heteroatoms. The number of benzene rings is 2. The van der Waals surface area contributed by atoms with Crippen LogP contribution < -0.4 is 10.1 Å². The maximum absolute atomic E-state index is 5.27. The molecule has 1 aromatic heterocycles. The Kier molecular flexibility index (Phi) is 3.21. The number of nitrogens with one attached hydrogen (secondary N) is 1. The summed E-state index contributed by atoms with van der Waals surface area (Å²) in [5.41, 5.74) is 1.86. The fraction of sp³-hybridized carbons (Fsp3) is 0.125. The smallest absolute Gasteiger partial charge is 0.156 e. The molecule has 0 fully saturated rings. The van der Waals surface area contributed by atoms with Crippen molar-refractivity contribution in [3.63, 3.8) is 0 Å². The maximum Gasteiger partial charge on any atom is 0.156 e. The Morgan fingerprint density at radius 3 is 2.50 bits per heavy atom. The van der Waals surface area contributed by atoms with E-state index in [9.17, 15) is 0 Å². The first-order chi connectivity index (χ1) is 9.83. The number of aromatic nitrogens is 2. The van der Waals surface area contributed by atoms with E-state index < -0.39 is 0 Å². The van der Waals surface area contributed by atoms with Crippen molar-refractivity contribution >= 4 is 16.6 Å². The van der Waals surface area contributed by atoms with E-state index in [1.807, 2.05) is 49.5 Å². The zero-order valence-corrected chi connectivity index (χ0v) is 11.4. The average Bonchev–Trinajstić information content (AvgIpc) is 2.54. The fourth-order valence-corrected chi connectivity index (χ4v) is 2.27. The third kappa shape index (κ3) is 2.05. The van der Waals surface area contributed by atoms with Crippen LogP contribution >= 0.6 is 0 Å². The van der Waals surface area contributed by atoms with Gasteiger partial charge in [-0.2, -0.15) is 0 Å². The van der Waals surface area contributed by atoms with Crippen LogP contribution in [0.4, 0.5) is 5.82 Å². The lowest BCUT2D eigenvalue weighted by Crippen LogP contribution is -1.98. The van der Waals surface area contributed by atoms with Gasteiger partial charge >= 0.3 is 0 Å². The lowest BCUT2D eigenvalue weighted by molar-refractivity contribution is 0.415. The highest BCUT2D eigenvalue weighted by Crippen LogP contribution is 2.30. The summed E-state index contributed by atoms with van der Waals surface area (Å²) in [7, 11) is 3.51. The van der Waals surface area contributed by atoms with Gasteiger partial charge in [-0.3, -0.25) is 0 Å². The van der Waals surface area contributed by atoms with E-state index in [-0.39, 0.29) is 0 Å². The molecule has 0 unspecified atom stereocenters. The molecule has 0 spiro atoms. The van der Waals surface area contributed by atoms with Gasteiger partial charge in [0.05, 0.1) is 7.11 Å². The molecule has 3 aromatic rings. The van der Waals surface area contributed by atoms with Gasteiger partial charge in [-0.15, -0.1) is 10.2 Å². The molecule has 0 bridgehead atoms. The Balaban J connectivity index is 2.26. The molecule has 0 aliphatic heterocycles. The van der Waals surface area contributed by atoms with E-state index in [0.29, 0.717) is 0 Å². The van der Waals surface area contributed by atoms with Gasteiger partial charge in [0, 0.05) is 23.4 Å². The number of hydrogen-bond donors (Lipinski definition) is 1.